The second-order valence-corrected chi connectivity index (χ2v) is 17.5. The Bertz CT molecular complexity index is 2510. The Morgan fingerprint density at radius 1 is 0.614 bits per heavy atom. The molecule has 4 aromatic carbocycles. The number of piperidine rings is 2. The minimum absolute atomic E-state index is 0. The van der Waals surface area contributed by atoms with Crippen molar-refractivity contribution in [3.8, 4) is 11.5 Å². The molecule has 368 valence electrons. The fourth-order valence-electron chi connectivity index (χ4n) is 9.27. The second-order valence-electron chi connectivity index (χ2n) is 17.5. The summed E-state index contributed by atoms with van der Waals surface area (Å²) in [5, 5.41) is 1.87. The van der Waals surface area contributed by atoms with Crippen LogP contribution < -0.4 is 9.47 Å². The normalized spacial score (nSPS) is 17.3. The van der Waals surface area contributed by atoms with Gasteiger partial charge in [0.1, 0.15) is 24.7 Å². The summed E-state index contributed by atoms with van der Waals surface area (Å²) in [6, 6.07) is 34.7. The molecule has 2 aromatic heterocycles. The number of hydrogen-bond acceptors (Lipinski definition) is 9. The van der Waals surface area contributed by atoms with Crippen molar-refractivity contribution in [2.75, 3.05) is 40.4 Å². The number of carbonyl (C=O) groups excluding carboxylic acids is 3. The Morgan fingerprint density at radius 3 is 1.51 bits per heavy atom. The fraction of sp³-hybridized carbons (Fsp3) is 0.339. The molecule has 0 N–H and O–H groups in total. The zero-order chi connectivity index (χ0) is 47.8. The van der Waals surface area contributed by atoms with Crippen LogP contribution in [0.4, 0.5) is 9.59 Å². The Morgan fingerprint density at radius 2 is 1.06 bits per heavy atom. The van der Waals surface area contributed by atoms with E-state index >= 15 is 0 Å². The number of pyridine rings is 2. The number of benzene rings is 4. The predicted molar refractivity (Wildman–Crippen MR) is 282 cm³/mol. The number of ether oxygens (including phenoxy) is 4. The molecule has 6 aromatic rings. The molecule has 2 amide bonds. The molecular formula is C59H70N4O7. The van der Waals surface area contributed by atoms with Crippen LogP contribution in [0.25, 0.3) is 27.4 Å². The molecule has 0 aliphatic carbocycles. The molecular weight excluding hydrogens is 877 g/mol. The zero-order valence-corrected chi connectivity index (χ0v) is 39.3. The maximum absolute atomic E-state index is 13.1. The van der Waals surface area contributed by atoms with E-state index in [0.29, 0.717) is 62.4 Å². The highest BCUT2D eigenvalue weighted by Crippen LogP contribution is 2.35. The lowest BCUT2D eigenvalue weighted by Crippen LogP contribution is -2.43. The standard InChI is InChI=1S/C29H32N2O3.C28H30N2O4.2CH4/c1-4-23-19-31(29(32)34-20-22-8-6-5-7-9-22)17-15-24(23)11-10-21(2)26-14-16-30-28-13-12-25(33-3)18-27(26)28;1-3-21-18-30(28(32)34-19-20-7-5-4-6-8-20)16-14-22(21)9-12-27(31)24-13-15-29-26-11-10-23(33-2)17-25(24)26;;/h4-9,12-14,16,18,23-24H,1-2,10-11,15,17,19-20H2,3H3;3-8,10-11,13,15,17,21-22H,1,9,12,14,16,18-19H2,2H3;2*1H4/t23-,24+;21-,22+;;/m00../s1. The van der Waals surface area contributed by atoms with Gasteiger partial charge in [-0.05, 0) is 127 Å². The van der Waals surface area contributed by atoms with Crippen molar-refractivity contribution in [2.45, 2.75) is 66.6 Å². The Hall–Kier alpha value is -7.27. The topological polar surface area (TPSA) is 120 Å². The van der Waals surface area contributed by atoms with E-state index in [2.05, 4.69) is 29.7 Å². The number of carbonyl (C=O) groups is 3. The molecule has 2 aliphatic heterocycles. The van der Waals surface area contributed by atoms with Gasteiger partial charge >= 0.3 is 12.2 Å². The summed E-state index contributed by atoms with van der Waals surface area (Å²) in [6.45, 7) is 15.5. The van der Waals surface area contributed by atoms with Crippen molar-refractivity contribution in [1.82, 2.24) is 19.8 Å². The molecule has 0 radical (unpaired) electrons. The van der Waals surface area contributed by atoms with E-state index in [4.69, 9.17) is 18.9 Å². The summed E-state index contributed by atoms with van der Waals surface area (Å²) in [5.74, 6) is 2.71. The number of hydrogen-bond donors (Lipinski definition) is 0. The van der Waals surface area contributed by atoms with Gasteiger partial charge in [0.05, 0.1) is 25.3 Å². The number of aromatic nitrogens is 2. The first-order chi connectivity index (χ1) is 33.2. The van der Waals surface area contributed by atoms with Gasteiger partial charge in [0, 0.05) is 61.3 Å². The first-order valence-electron chi connectivity index (χ1n) is 23.4. The quantitative estimate of drug-likeness (QED) is 0.0690. The van der Waals surface area contributed by atoms with E-state index in [1.165, 1.54) is 0 Å². The van der Waals surface area contributed by atoms with Crippen LogP contribution in [0, 0.1) is 23.7 Å². The number of fused-ring (bicyclic) bond motifs is 2. The third-order valence-electron chi connectivity index (χ3n) is 13.3. The highest BCUT2D eigenvalue weighted by Gasteiger charge is 2.32. The lowest BCUT2D eigenvalue weighted by atomic mass is 9.81. The summed E-state index contributed by atoms with van der Waals surface area (Å²) < 4.78 is 21.7. The van der Waals surface area contributed by atoms with Crippen molar-refractivity contribution in [1.29, 1.82) is 0 Å². The highest BCUT2D eigenvalue weighted by atomic mass is 16.6. The van der Waals surface area contributed by atoms with E-state index < -0.39 is 0 Å². The third kappa shape index (κ3) is 13.9. The van der Waals surface area contributed by atoms with Crippen LogP contribution in [0.2, 0.25) is 0 Å². The Balaban J connectivity index is 0.000000254. The SMILES string of the molecule is C.C.C=C[C@H]1CN(C(=O)OCc2ccccc2)CC[C@H]1CCC(=C)c1ccnc2ccc(OC)cc12.C=C[C@H]1CN(C(=O)OCc2ccccc2)CC[C@H]1CCC(=O)c1ccnc2ccc(OC)cc12. The number of methoxy groups -OCH3 is 2. The molecule has 2 fully saturated rings. The average Bonchev–Trinajstić information content (AvgIpc) is 3.40. The van der Waals surface area contributed by atoms with Crippen LogP contribution >= 0.6 is 0 Å². The second kappa shape index (κ2) is 26.5. The highest BCUT2D eigenvalue weighted by molar-refractivity contribution is 6.07. The van der Waals surface area contributed by atoms with Crippen LogP contribution in [0.3, 0.4) is 0 Å². The predicted octanol–water partition coefficient (Wildman–Crippen LogP) is 13.4. The molecule has 4 atom stereocenters. The fourth-order valence-corrected chi connectivity index (χ4v) is 9.27. The zero-order valence-electron chi connectivity index (χ0n) is 39.3. The van der Waals surface area contributed by atoms with Crippen molar-refractivity contribution in [2.24, 2.45) is 23.7 Å². The lowest BCUT2D eigenvalue weighted by Gasteiger charge is -2.37. The smallest absolute Gasteiger partial charge is 0.410 e. The number of likely N-dealkylation sites (tertiary alicyclic amines) is 2. The van der Waals surface area contributed by atoms with Gasteiger partial charge in [0.2, 0.25) is 0 Å². The molecule has 11 heteroatoms. The molecule has 4 heterocycles. The molecule has 2 saturated heterocycles. The number of amides is 2. The minimum Gasteiger partial charge on any atom is -0.497 e. The first kappa shape index (κ1) is 53.7. The summed E-state index contributed by atoms with van der Waals surface area (Å²) in [5.41, 5.74) is 6.54. The van der Waals surface area contributed by atoms with Gasteiger partial charge in [-0.2, -0.15) is 0 Å². The van der Waals surface area contributed by atoms with Gasteiger partial charge in [-0.15, -0.1) is 13.2 Å². The van der Waals surface area contributed by atoms with Gasteiger partial charge in [-0.3, -0.25) is 14.8 Å². The Kier molecular flexibility index (Phi) is 20.3. The molecule has 8 rings (SSSR count). The minimum atomic E-state index is -0.303. The number of nitrogens with zero attached hydrogens (tertiary/aromatic N) is 4. The van der Waals surface area contributed by atoms with E-state index in [1.54, 1.807) is 31.4 Å². The summed E-state index contributed by atoms with van der Waals surface area (Å²) in [4.78, 5) is 50.7. The third-order valence-corrected chi connectivity index (χ3v) is 13.3. The van der Waals surface area contributed by atoms with E-state index in [-0.39, 0.29) is 51.3 Å². The van der Waals surface area contributed by atoms with E-state index in [0.717, 1.165) is 81.9 Å². The molecule has 11 nitrogen and oxygen atoms in total. The maximum Gasteiger partial charge on any atom is 0.410 e. The van der Waals surface area contributed by atoms with Crippen molar-refractivity contribution in [3.63, 3.8) is 0 Å². The maximum atomic E-state index is 13.1. The van der Waals surface area contributed by atoms with Crippen LogP contribution in [0.15, 0.2) is 153 Å². The van der Waals surface area contributed by atoms with E-state index in [1.807, 2.05) is 126 Å². The van der Waals surface area contributed by atoms with Gasteiger partial charge in [-0.25, -0.2) is 9.59 Å². The van der Waals surface area contributed by atoms with Crippen molar-refractivity contribution >= 4 is 45.3 Å². The van der Waals surface area contributed by atoms with Crippen LogP contribution in [-0.2, 0) is 22.7 Å². The van der Waals surface area contributed by atoms with Gasteiger partial charge in [0.25, 0.3) is 0 Å². The van der Waals surface area contributed by atoms with Crippen LogP contribution in [0.1, 0.15) is 80.4 Å². The number of rotatable bonds is 16. The van der Waals surface area contributed by atoms with Gasteiger partial charge in [-0.1, -0.05) is 94.2 Å². The van der Waals surface area contributed by atoms with Crippen LogP contribution in [0.5, 0.6) is 11.5 Å². The molecule has 0 unspecified atom stereocenters. The number of Topliss-reactive ketones (excluding diaryl/α,β-unsaturated/α-hetero) is 1. The summed E-state index contributed by atoms with van der Waals surface area (Å²) in [7, 11) is 3.28. The molecule has 0 saturated carbocycles. The molecule has 70 heavy (non-hydrogen) atoms. The van der Waals surface area contributed by atoms with Gasteiger partial charge in [0.15, 0.2) is 5.78 Å². The first-order valence-corrected chi connectivity index (χ1v) is 23.4. The molecule has 2 aliphatic rings. The average molecular weight is 947 g/mol. The monoisotopic (exact) mass is 947 g/mol. The lowest BCUT2D eigenvalue weighted by molar-refractivity contribution is 0.0694. The van der Waals surface area contributed by atoms with Gasteiger partial charge < -0.3 is 28.7 Å². The molecule has 0 bridgehead atoms. The van der Waals surface area contributed by atoms with E-state index in [9.17, 15) is 14.4 Å². The summed E-state index contributed by atoms with van der Waals surface area (Å²) >= 11 is 0. The number of allylic oxidation sites excluding steroid dienone is 1. The Labute approximate surface area is 414 Å². The summed E-state index contributed by atoms with van der Waals surface area (Å²) in [6.07, 6.45) is 11.6. The van der Waals surface area contributed by atoms with Crippen molar-refractivity contribution < 1.29 is 33.3 Å². The van der Waals surface area contributed by atoms with Crippen LogP contribution in [-0.4, -0.2) is 78.1 Å². The van der Waals surface area contributed by atoms with Crippen molar-refractivity contribution in [3.05, 3.63) is 176 Å². The number of ketones is 1. The molecule has 0 spiro atoms. The largest absolute Gasteiger partial charge is 0.497 e.